The van der Waals surface area contributed by atoms with Crippen LogP contribution in [-0.4, -0.2) is 18.8 Å². The van der Waals surface area contributed by atoms with Crippen LogP contribution in [0.1, 0.15) is 35.8 Å². The van der Waals surface area contributed by atoms with E-state index in [0.717, 1.165) is 16.9 Å². The Balaban J connectivity index is 1.94. The number of ether oxygens (including phenoxy) is 1. The van der Waals surface area contributed by atoms with Crippen molar-refractivity contribution < 1.29 is 9.84 Å². The molecule has 0 aliphatic carbocycles. The van der Waals surface area contributed by atoms with E-state index in [1.54, 1.807) is 13.2 Å². The van der Waals surface area contributed by atoms with Crippen molar-refractivity contribution in [2.24, 2.45) is 0 Å². The average Bonchev–Trinajstić information content (AvgIpc) is 2.59. The highest BCUT2D eigenvalue weighted by Crippen LogP contribution is 2.19. The first-order valence-corrected chi connectivity index (χ1v) is 7.19. The largest absolute Gasteiger partial charge is 0.497 e. The summed E-state index contributed by atoms with van der Waals surface area (Å²) in [6, 6.07) is 17.0. The number of benzene rings is 2. The van der Waals surface area contributed by atoms with Crippen LogP contribution < -0.4 is 10.1 Å². The van der Waals surface area contributed by atoms with Crippen LogP contribution in [0.15, 0.2) is 48.5 Å². The first-order chi connectivity index (χ1) is 10.6. The highest BCUT2D eigenvalue weighted by atomic mass is 16.5. The van der Waals surface area contributed by atoms with Gasteiger partial charge in [0.05, 0.1) is 24.8 Å². The standard InChI is InChI=1S/C18H20N2O2/c1-13(16-5-3-4-14(10-16)11-19)20-12-18(21)15-6-8-17(22-2)9-7-15/h3-10,13,18,20-21H,12H2,1-2H3. The van der Waals surface area contributed by atoms with Crippen LogP contribution in [0.5, 0.6) is 5.75 Å². The summed E-state index contributed by atoms with van der Waals surface area (Å²) in [7, 11) is 1.62. The highest BCUT2D eigenvalue weighted by molar-refractivity contribution is 5.34. The van der Waals surface area contributed by atoms with Gasteiger partial charge in [0.1, 0.15) is 5.75 Å². The fourth-order valence-electron chi connectivity index (χ4n) is 2.23. The molecule has 0 aromatic heterocycles. The lowest BCUT2D eigenvalue weighted by molar-refractivity contribution is 0.170. The van der Waals surface area contributed by atoms with Crippen molar-refractivity contribution in [1.82, 2.24) is 5.32 Å². The second-order valence-electron chi connectivity index (χ2n) is 5.16. The Labute approximate surface area is 131 Å². The molecule has 2 unspecified atom stereocenters. The van der Waals surface area contributed by atoms with Crippen LogP contribution in [-0.2, 0) is 0 Å². The Morgan fingerprint density at radius 1 is 1.18 bits per heavy atom. The summed E-state index contributed by atoms with van der Waals surface area (Å²) in [5, 5.41) is 22.4. The van der Waals surface area contributed by atoms with Crippen molar-refractivity contribution in [3.05, 3.63) is 65.2 Å². The van der Waals surface area contributed by atoms with E-state index in [0.29, 0.717) is 12.1 Å². The molecule has 4 heteroatoms. The van der Waals surface area contributed by atoms with E-state index in [1.165, 1.54) is 0 Å². The maximum Gasteiger partial charge on any atom is 0.118 e. The molecule has 0 saturated heterocycles. The third-order valence-corrected chi connectivity index (χ3v) is 3.63. The number of nitrogens with zero attached hydrogens (tertiary/aromatic N) is 1. The molecule has 2 N–H and O–H groups in total. The molecule has 2 aromatic carbocycles. The zero-order chi connectivity index (χ0) is 15.9. The second kappa shape index (κ2) is 7.60. The molecule has 0 amide bonds. The molecule has 114 valence electrons. The first kappa shape index (κ1) is 16.0. The number of nitrogens with one attached hydrogen (secondary N) is 1. The van der Waals surface area contributed by atoms with Crippen LogP contribution in [0, 0.1) is 11.3 Å². The summed E-state index contributed by atoms with van der Waals surface area (Å²) >= 11 is 0. The van der Waals surface area contributed by atoms with Crippen LogP contribution in [0.2, 0.25) is 0 Å². The van der Waals surface area contributed by atoms with Gasteiger partial charge in [-0.3, -0.25) is 0 Å². The number of methoxy groups -OCH3 is 1. The minimum Gasteiger partial charge on any atom is -0.497 e. The van der Waals surface area contributed by atoms with E-state index < -0.39 is 6.10 Å². The minimum absolute atomic E-state index is 0.0567. The SMILES string of the molecule is COc1ccc(C(O)CNC(C)c2cccc(C#N)c2)cc1. The predicted molar refractivity (Wildman–Crippen MR) is 85.5 cm³/mol. The van der Waals surface area contributed by atoms with Crippen molar-refractivity contribution in [2.75, 3.05) is 13.7 Å². The van der Waals surface area contributed by atoms with E-state index in [4.69, 9.17) is 10.00 Å². The number of aliphatic hydroxyl groups is 1. The van der Waals surface area contributed by atoms with Gasteiger partial charge in [0.2, 0.25) is 0 Å². The Morgan fingerprint density at radius 3 is 2.55 bits per heavy atom. The second-order valence-corrected chi connectivity index (χ2v) is 5.16. The van der Waals surface area contributed by atoms with Gasteiger partial charge in [-0.1, -0.05) is 24.3 Å². The zero-order valence-corrected chi connectivity index (χ0v) is 12.8. The van der Waals surface area contributed by atoms with E-state index in [9.17, 15) is 5.11 Å². The van der Waals surface area contributed by atoms with E-state index in [-0.39, 0.29) is 6.04 Å². The molecule has 2 rings (SSSR count). The Bertz CT molecular complexity index is 647. The van der Waals surface area contributed by atoms with Crippen LogP contribution in [0.4, 0.5) is 0 Å². The summed E-state index contributed by atoms with van der Waals surface area (Å²) in [6.45, 7) is 2.45. The summed E-state index contributed by atoms with van der Waals surface area (Å²) in [5.41, 5.74) is 2.51. The lowest BCUT2D eigenvalue weighted by Crippen LogP contribution is -2.24. The summed E-state index contributed by atoms with van der Waals surface area (Å²) in [4.78, 5) is 0. The molecule has 0 radical (unpaired) electrons. The van der Waals surface area contributed by atoms with Gasteiger partial charge in [0.15, 0.2) is 0 Å². The minimum atomic E-state index is -0.590. The Kier molecular flexibility index (Phi) is 5.54. The molecule has 2 aromatic rings. The summed E-state index contributed by atoms with van der Waals surface area (Å²) in [6.07, 6.45) is -0.590. The van der Waals surface area contributed by atoms with E-state index in [2.05, 4.69) is 11.4 Å². The molecule has 4 nitrogen and oxygen atoms in total. The smallest absolute Gasteiger partial charge is 0.118 e. The van der Waals surface area contributed by atoms with Gasteiger partial charge in [0.25, 0.3) is 0 Å². The Hall–Kier alpha value is -2.35. The average molecular weight is 296 g/mol. The van der Waals surface area contributed by atoms with Crippen molar-refractivity contribution in [3.8, 4) is 11.8 Å². The number of hydrogen-bond acceptors (Lipinski definition) is 4. The normalized spacial score (nSPS) is 13.2. The fraction of sp³-hybridized carbons (Fsp3) is 0.278. The van der Waals surface area contributed by atoms with Crippen LogP contribution >= 0.6 is 0 Å². The van der Waals surface area contributed by atoms with Crippen molar-refractivity contribution in [1.29, 1.82) is 5.26 Å². The maximum absolute atomic E-state index is 10.2. The van der Waals surface area contributed by atoms with Crippen LogP contribution in [0.25, 0.3) is 0 Å². The molecular weight excluding hydrogens is 276 g/mol. The molecule has 2 atom stereocenters. The molecule has 0 heterocycles. The molecule has 0 saturated carbocycles. The monoisotopic (exact) mass is 296 g/mol. The fourth-order valence-corrected chi connectivity index (χ4v) is 2.23. The van der Waals surface area contributed by atoms with Gasteiger partial charge >= 0.3 is 0 Å². The number of hydrogen-bond donors (Lipinski definition) is 2. The summed E-state index contributed by atoms with van der Waals surface area (Å²) in [5.74, 6) is 0.769. The van der Waals surface area contributed by atoms with Crippen LogP contribution in [0.3, 0.4) is 0 Å². The van der Waals surface area contributed by atoms with Crippen molar-refractivity contribution in [2.45, 2.75) is 19.1 Å². The van der Waals surface area contributed by atoms with Gasteiger partial charge in [-0.25, -0.2) is 0 Å². The number of rotatable bonds is 6. The molecule has 0 aliphatic heterocycles. The molecule has 0 aliphatic rings. The number of nitriles is 1. The highest BCUT2D eigenvalue weighted by Gasteiger charge is 2.11. The molecule has 22 heavy (non-hydrogen) atoms. The summed E-state index contributed by atoms with van der Waals surface area (Å²) < 4.78 is 5.10. The quantitative estimate of drug-likeness (QED) is 0.860. The maximum atomic E-state index is 10.2. The third kappa shape index (κ3) is 4.08. The van der Waals surface area contributed by atoms with Gasteiger partial charge in [-0.2, -0.15) is 5.26 Å². The van der Waals surface area contributed by atoms with Crippen molar-refractivity contribution >= 4 is 0 Å². The zero-order valence-electron chi connectivity index (χ0n) is 12.8. The first-order valence-electron chi connectivity index (χ1n) is 7.19. The predicted octanol–water partition coefficient (Wildman–Crippen LogP) is 2.95. The topological polar surface area (TPSA) is 65.3 Å². The van der Waals surface area contributed by atoms with E-state index in [1.807, 2.05) is 49.4 Å². The van der Waals surface area contributed by atoms with Gasteiger partial charge in [-0.05, 0) is 42.3 Å². The molecular formula is C18H20N2O2. The van der Waals surface area contributed by atoms with E-state index >= 15 is 0 Å². The Morgan fingerprint density at radius 2 is 1.91 bits per heavy atom. The van der Waals surface area contributed by atoms with Crippen molar-refractivity contribution in [3.63, 3.8) is 0 Å². The lowest BCUT2D eigenvalue weighted by atomic mass is 10.0. The third-order valence-electron chi connectivity index (χ3n) is 3.63. The van der Waals surface area contributed by atoms with Gasteiger partial charge < -0.3 is 15.2 Å². The number of aliphatic hydroxyl groups excluding tert-OH is 1. The van der Waals surface area contributed by atoms with Gasteiger partial charge in [-0.15, -0.1) is 0 Å². The molecule has 0 fully saturated rings. The van der Waals surface area contributed by atoms with Gasteiger partial charge in [0, 0.05) is 12.6 Å². The molecule has 0 bridgehead atoms. The lowest BCUT2D eigenvalue weighted by Gasteiger charge is -2.18. The molecule has 0 spiro atoms.